The minimum Gasteiger partial charge on any atom is -0.207 e. The van der Waals surface area contributed by atoms with Gasteiger partial charge in [-0.15, -0.1) is 0 Å². The summed E-state index contributed by atoms with van der Waals surface area (Å²) in [7, 11) is 0. The molecular weight excluding hydrogens is 139 g/mol. The van der Waals surface area contributed by atoms with E-state index < -0.39 is 0 Å². The van der Waals surface area contributed by atoms with Gasteiger partial charge in [0, 0.05) is 0 Å². The van der Waals surface area contributed by atoms with E-state index in [1.807, 2.05) is 6.07 Å². The predicted molar refractivity (Wildman–Crippen MR) is 43.0 cm³/mol. The minimum atomic E-state index is -0.0920. The van der Waals surface area contributed by atoms with Crippen molar-refractivity contribution in [1.29, 1.82) is 0 Å². The van der Waals surface area contributed by atoms with Crippen molar-refractivity contribution >= 4 is 0 Å². The Morgan fingerprint density at radius 1 is 1.00 bits per heavy atom. The summed E-state index contributed by atoms with van der Waals surface area (Å²) in [6.45, 7) is 0. The Bertz CT molecular complexity index is 266. The molecular formula is C10H11F. The molecule has 0 spiro atoms. The molecule has 0 nitrogen and oxygen atoms in total. The Morgan fingerprint density at radius 2 is 1.73 bits per heavy atom. The molecule has 0 amide bonds. The topological polar surface area (TPSA) is 0 Å². The Balaban J connectivity index is 2.43. The number of fused-ring (bicyclic) bond motifs is 1. The molecule has 0 saturated carbocycles. The van der Waals surface area contributed by atoms with Crippen LogP contribution in [0.15, 0.2) is 18.2 Å². The standard InChI is InChI=1S/C10H11F/c11-10-6-5-8-3-1-2-4-9(8)7-10/h5-7H,1-4H2. The first-order valence-corrected chi connectivity index (χ1v) is 4.13. The fourth-order valence-corrected chi connectivity index (χ4v) is 1.70. The molecule has 0 atom stereocenters. The summed E-state index contributed by atoms with van der Waals surface area (Å²) in [6.07, 6.45) is 4.68. The zero-order valence-electron chi connectivity index (χ0n) is 6.44. The molecule has 1 heteroatoms. The van der Waals surface area contributed by atoms with E-state index in [2.05, 4.69) is 0 Å². The molecule has 11 heavy (non-hydrogen) atoms. The summed E-state index contributed by atoms with van der Waals surface area (Å²) < 4.78 is 12.7. The van der Waals surface area contributed by atoms with Crippen LogP contribution in [0, 0.1) is 5.82 Å². The second-order valence-corrected chi connectivity index (χ2v) is 3.12. The van der Waals surface area contributed by atoms with Crippen LogP contribution in [0.3, 0.4) is 0 Å². The second kappa shape index (κ2) is 2.65. The molecule has 0 radical (unpaired) electrons. The summed E-state index contributed by atoms with van der Waals surface area (Å²) in [5.41, 5.74) is 2.56. The molecule has 0 bridgehead atoms. The molecule has 0 heterocycles. The van der Waals surface area contributed by atoms with Gasteiger partial charge in [0.2, 0.25) is 0 Å². The largest absolute Gasteiger partial charge is 0.207 e. The zero-order chi connectivity index (χ0) is 7.68. The lowest BCUT2D eigenvalue weighted by Crippen LogP contribution is -2.02. The number of rotatable bonds is 0. The highest BCUT2D eigenvalue weighted by Gasteiger charge is 2.08. The third-order valence-corrected chi connectivity index (χ3v) is 2.31. The number of halogens is 1. The van der Waals surface area contributed by atoms with Crippen LogP contribution in [-0.2, 0) is 12.8 Å². The molecule has 1 aromatic rings. The van der Waals surface area contributed by atoms with Crippen LogP contribution in [0.2, 0.25) is 0 Å². The fraction of sp³-hybridized carbons (Fsp3) is 0.400. The smallest absolute Gasteiger partial charge is 0.123 e. The van der Waals surface area contributed by atoms with Crippen LogP contribution in [-0.4, -0.2) is 0 Å². The molecule has 0 aliphatic heterocycles. The molecule has 58 valence electrons. The second-order valence-electron chi connectivity index (χ2n) is 3.12. The minimum absolute atomic E-state index is 0.0920. The van der Waals surface area contributed by atoms with Crippen LogP contribution >= 0.6 is 0 Å². The van der Waals surface area contributed by atoms with E-state index in [-0.39, 0.29) is 5.82 Å². The lowest BCUT2D eigenvalue weighted by atomic mass is 9.92. The first kappa shape index (κ1) is 6.84. The van der Waals surface area contributed by atoms with E-state index in [9.17, 15) is 4.39 Å². The van der Waals surface area contributed by atoms with E-state index >= 15 is 0 Å². The quantitative estimate of drug-likeness (QED) is 0.533. The average Bonchev–Trinajstić information content (AvgIpc) is 2.04. The maximum absolute atomic E-state index is 12.7. The van der Waals surface area contributed by atoms with Gasteiger partial charge in [0.1, 0.15) is 5.82 Å². The van der Waals surface area contributed by atoms with Crippen molar-refractivity contribution < 1.29 is 4.39 Å². The molecule has 1 aliphatic rings. The normalized spacial score (nSPS) is 16.1. The van der Waals surface area contributed by atoms with Gasteiger partial charge in [0.15, 0.2) is 0 Å². The molecule has 1 aromatic carbocycles. The van der Waals surface area contributed by atoms with Crippen molar-refractivity contribution in [2.45, 2.75) is 25.7 Å². The van der Waals surface area contributed by atoms with Gasteiger partial charge in [0.05, 0.1) is 0 Å². The molecule has 1 aliphatic carbocycles. The van der Waals surface area contributed by atoms with Gasteiger partial charge in [-0.25, -0.2) is 4.39 Å². The van der Waals surface area contributed by atoms with Gasteiger partial charge in [-0.1, -0.05) is 6.07 Å². The molecule has 0 unspecified atom stereocenters. The van der Waals surface area contributed by atoms with E-state index in [0.29, 0.717) is 0 Å². The average molecular weight is 150 g/mol. The maximum atomic E-state index is 12.7. The van der Waals surface area contributed by atoms with E-state index in [1.54, 1.807) is 12.1 Å². The number of benzene rings is 1. The van der Waals surface area contributed by atoms with Crippen molar-refractivity contribution in [2.24, 2.45) is 0 Å². The summed E-state index contributed by atoms with van der Waals surface area (Å²) in [5.74, 6) is -0.0920. The van der Waals surface area contributed by atoms with Crippen molar-refractivity contribution in [1.82, 2.24) is 0 Å². The van der Waals surface area contributed by atoms with Gasteiger partial charge in [-0.3, -0.25) is 0 Å². The molecule has 0 fully saturated rings. The van der Waals surface area contributed by atoms with Gasteiger partial charge >= 0.3 is 0 Å². The number of hydrogen-bond acceptors (Lipinski definition) is 0. The summed E-state index contributed by atoms with van der Waals surface area (Å²) in [5, 5.41) is 0. The molecule has 0 N–H and O–H groups in total. The van der Waals surface area contributed by atoms with E-state index in [0.717, 1.165) is 12.8 Å². The summed E-state index contributed by atoms with van der Waals surface area (Å²) in [6, 6.07) is 5.16. The van der Waals surface area contributed by atoms with Crippen molar-refractivity contribution in [2.75, 3.05) is 0 Å². The lowest BCUT2D eigenvalue weighted by Gasteiger charge is -2.14. The summed E-state index contributed by atoms with van der Waals surface area (Å²) >= 11 is 0. The van der Waals surface area contributed by atoms with E-state index in [1.165, 1.54) is 24.0 Å². The van der Waals surface area contributed by atoms with Gasteiger partial charge < -0.3 is 0 Å². The number of aryl methyl sites for hydroxylation is 2. The Hall–Kier alpha value is -0.850. The number of hydrogen-bond donors (Lipinski definition) is 0. The van der Waals surface area contributed by atoms with Gasteiger partial charge in [-0.05, 0) is 48.9 Å². The Kier molecular flexibility index (Phi) is 1.65. The lowest BCUT2D eigenvalue weighted by molar-refractivity contribution is 0.614. The monoisotopic (exact) mass is 150 g/mol. The predicted octanol–water partition coefficient (Wildman–Crippen LogP) is 2.70. The zero-order valence-corrected chi connectivity index (χ0v) is 6.44. The molecule has 0 aromatic heterocycles. The third-order valence-electron chi connectivity index (χ3n) is 2.31. The van der Waals surface area contributed by atoms with Crippen LogP contribution in [0.25, 0.3) is 0 Å². The molecule has 0 saturated heterocycles. The van der Waals surface area contributed by atoms with Crippen molar-refractivity contribution in [3.63, 3.8) is 0 Å². The first-order chi connectivity index (χ1) is 5.36. The van der Waals surface area contributed by atoms with Gasteiger partial charge in [0.25, 0.3) is 0 Å². The Labute approximate surface area is 66.1 Å². The third kappa shape index (κ3) is 1.28. The highest BCUT2D eigenvalue weighted by molar-refractivity contribution is 5.29. The van der Waals surface area contributed by atoms with E-state index in [4.69, 9.17) is 0 Å². The Morgan fingerprint density at radius 3 is 2.55 bits per heavy atom. The maximum Gasteiger partial charge on any atom is 0.123 e. The van der Waals surface area contributed by atoms with Gasteiger partial charge in [-0.2, -0.15) is 0 Å². The molecule has 2 rings (SSSR count). The van der Waals surface area contributed by atoms with Crippen LogP contribution in [0.1, 0.15) is 24.0 Å². The summed E-state index contributed by atoms with van der Waals surface area (Å²) in [4.78, 5) is 0. The highest BCUT2D eigenvalue weighted by Crippen LogP contribution is 2.21. The van der Waals surface area contributed by atoms with Crippen molar-refractivity contribution in [3.05, 3.63) is 35.1 Å². The van der Waals surface area contributed by atoms with Crippen LogP contribution in [0.4, 0.5) is 4.39 Å². The van der Waals surface area contributed by atoms with Crippen LogP contribution in [0.5, 0.6) is 0 Å². The van der Waals surface area contributed by atoms with Crippen molar-refractivity contribution in [3.8, 4) is 0 Å². The first-order valence-electron chi connectivity index (χ1n) is 4.13. The highest BCUT2D eigenvalue weighted by atomic mass is 19.1. The fourth-order valence-electron chi connectivity index (χ4n) is 1.70. The SMILES string of the molecule is Fc1ccc2c(c1)CCCC2. The van der Waals surface area contributed by atoms with Crippen LogP contribution < -0.4 is 0 Å².